The maximum atomic E-state index is 8.96. The average Bonchev–Trinajstić information content (AvgIpc) is 2.57. The van der Waals surface area contributed by atoms with Crippen LogP contribution in [-0.2, 0) is 0 Å². The summed E-state index contributed by atoms with van der Waals surface area (Å²) < 4.78 is 0. The fourth-order valence-corrected chi connectivity index (χ4v) is 2.28. The number of hydrogen-bond donors (Lipinski definition) is 2. The third-order valence-corrected chi connectivity index (χ3v) is 3.36. The van der Waals surface area contributed by atoms with E-state index in [-0.39, 0.29) is 11.4 Å². The first-order valence-corrected chi connectivity index (χ1v) is 6.99. The predicted octanol–water partition coefficient (Wildman–Crippen LogP) is 0.284. The average molecular weight is 296 g/mol. The number of nitrogens with one attached hydrogen (secondary N) is 1. The molecule has 112 valence electrons. The quantitative estimate of drug-likeness (QED) is 0.832. The third kappa shape index (κ3) is 2.81. The molecule has 2 aromatic heterocycles. The largest absolute Gasteiger partial charge is 0.382 e. The van der Waals surface area contributed by atoms with E-state index in [4.69, 9.17) is 11.0 Å². The minimum Gasteiger partial charge on any atom is -0.382 e. The summed E-state index contributed by atoms with van der Waals surface area (Å²) >= 11 is 0. The molecule has 1 aliphatic rings. The molecule has 0 amide bonds. The lowest BCUT2D eigenvalue weighted by Crippen LogP contribution is -2.51. The van der Waals surface area contributed by atoms with Crippen molar-refractivity contribution in [3.63, 3.8) is 0 Å². The molecule has 22 heavy (non-hydrogen) atoms. The second-order valence-electron chi connectivity index (χ2n) is 4.78. The van der Waals surface area contributed by atoms with E-state index >= 15 is 0 Å². The first kappa shape index (κ1) is 14.2. The Hall–Kier alpha value is -2.76. The molecular formula is C14H16N8. The van der Waals surface area contributed by atoms with Gasteiger partial charge in [0, 0.05) is 32.4 Å². The van der Waals surface area contributed by atoms with Crippen molar-refractivity contribution in [2.45, 2.75) is 0 Å². The molecule has 8 nitrogen and oxygen atoms in total. The van der Waals surface area contributed by atoms with Crippen LogP contribution in [0.4, 0.5) is 17.6 Å². The molecule has 0 radical (unpaired) electrons. The van der Waals surface area contributed by atoms with Crippen LogP contribution in [-0.4, -0.2) is 46.1 Å². The first-order chi connectivity index (χ1) is 10.8. The van der Waals surface area contributed by atoms with Crippen LogP contribution in [0.5, 0.6) is 0 Å². The highest BCUT2D eigenvalue weighted by molar-refractivity contribution is 5.56. The topological polar surface area (TPSA) is 107 Å². The zero-order valence-corrected chi connectivity index (χ0v) is 12.0. The second-order valence-corrected chi connectivity index (χ2v) is 4.78. The Morgan fingerprint density at radius 3 is 2.73 bits per heavy atom. The summed E-state index contributed by atoms with van der Waals surface area (Å²) in [5, 5.41) is 16.2. The highest BCUT2D eigenvalue weighted by atomic mass is 15.7. The number of nitriles is 1. The van der Waals surface area contributed by atoms with Gasteiger partial charge in [0.05, 0.1) is 6.20 Å². The Kier molecular flexibility index (Phi) is 4.09. The van der Waals surface area contributed by atoms with Crippen molar-refractivity contribution in [3.05, 3.63) is 36.2 Å². The Morgan fingerprint density at radius 2 is 2.09 bits per heavy atom. The van der Waals surface area contributed by atoms with E-state index in [1.165, 1.54) is 6.20 Å². The molecule has 0 saturated carbocycles. The lowest BCUT2D eigenvalue weighted by molar-refractivity contribution is 0.239. The smallest absolute Gasteiger partial charge is 0.248 e. The van der Waals surface area contributed by atoms with Crippen LogP contribution in [0.2, 0.25) is 0 Å². The molecule has 3 N–H and O–H groups in total. The zero-order chi connectivity index (χ0) is 15.4. The standard InChI is InChI=1S/C14H16N8/c15-9-11-10-19-14(20-13(11)16)22(12-3-1-2-4-18-12)21-7-5-17-6-8-21/h1-4,10,17H,5-8H2,(H2,16,19,20). The molecule has 8 heteroatoms. The van der Waals surface area contributed by atoms with Crippen molar-refractivity contribution in [2.75, 3.05) is 36.9 Å². The van der Waals surface area contributed by atoms with Crippen molar-refractivity contribution >= 4 is 17.6 Å². The van der Waals surface area contributed by atoms with E-state index in [0.29, 0.717) is 11.8 Å². The maximum absolute atomic E-state index is 8.96. The monoisotopic (exact) mass is 296 g/mol. The molecule has 0 atom stereocenters. The molecule has 1 aliphatic heterocycles. The van der Waals surface area contributed by atoms with E-state index in [2.05, 4.69) is 25.3 Å². The molecule has 0 bridgehead atoms. The van der Waals surface area contributed by atoms with Crippen molar-refractivity contribution in [3.8, 4) is 6.07 Å². The Bertz CT molecular complexity index is 675. The predicted molar refractivity (Wildman–Crippen MR) is 82.0 cm³/mol. The van der Waals surface area contributed by atoms with Crippen molar-refractivity contribution < 1.29 is 0 Å². The molecule has 0 unspecified atom stereocenters. The van der Waals surface area contributed by atoms with Gasteiger partial charge in [0.2, 0.25) is 5.95 Å². The summed E-state index contributed by atoms with van der Waals surface area (Å²) in [4.78, 5) is 12.9. The molecule has 0 aliphatic carbocycles. The van der Waals surface area contributed by atoms with Gasteiger partial charge in [0.15, 0.2) is 0 Å². The highest BCUT2D eigenvalue weighted by Gasteiger charge is 2.24. The fourth-order valence-electron chi connectivity index (χ4n) is 2.28. The third-order valence-electron chi connectivity index (χ3n) is 3.36. The molecule has 2 aromatic rings. The number of hydrazine groups is 1. The summed E-state index contributed by atoms with van der Waals surface area (Å²) in [6.45, 7) is 3.35. The SMILES string of the molecule is N#Cc1cnc(N(c2ccccn2)N2CCNCC2)nc1N. The number of aromatic nitrogens is 3. The van der Waals surface area contributed by atoms with Crippen LogP contribution in [0.25, 0.3) is 0 Å². The van der Waals surface area contributed by atoms with Crippen LogP contribution in [0, 0.1) is 11.3 Å². The summed E-state index contributed by atoms with van der Waals surface area (Å²) in [5.41, 5.74) is 6.09. The number of hydrogen-bond acceptors (Lipinski definition) is 8. The van der Waals surface area contributed by atoms with Crippen molar-refractivity contribution in [2.24, 2.45) is 0 Å². The van der Waals surface area contributed by atoms with Crippen LogP contribution < -0.4 is 16.1 Å². The van der Waals surface area contributed by atoms with E-state index in [1.807, 2.05) is 29.3 Å². The summed E-state index contributed by atoms with van der Waals surface area (Å²) in [6, 6.07) is 7.62. The highest BCUT2D eigenvalue weighted by Crippen LogP contribution is 2.23. The van der Waals surface area contributed by atoms with Gasteiger partial charge in [-0.05, 0) is 12.1 Å². The Morgan fingerprint density at radius 1 is 1.27 bits per heavy atom. The Balaban J connectivity index is 2.01. The van der Waals surface area contributed by atoms with Crippen LogP contribution in [0.3, 0.4) is 0 Å². The van der Waals surface area contributed by atoms with Gasteiger partial charge in [-0.15, -0.1) is 0 Å². The maximum Gasteiger partial charge on any atom is 0.248 e. The summed E-state index contributed by atoms with van der Waals surface area (Å²) in [7, 11) is 0. The van der Waals surface area contributed by atoms with Crippen LogP contribution >= 0.6 is 0 Å². The van der Waals surface area contributed by atoms with Crippen molar-refractivity contribution in [1.29, 1.82) is 5.26 Å². The van der Waals surface area contributed by atoms with Crippen molar-refractivity contribution in [1.82, 2.24) is 25.3 Å². The van der Waals surface area contributed by atoms with Gasteiger partial charge in [-0.1, -0.05) is 6.07 Å². The van der Waals surface area contributed by atoms with Gasteiger partial charge in [-0.3, -0.25) is 0 Å². The van der Waals surface area contributed by atoms with Gasteiger partial charge >= 0.3 is 0 Å². The number of nitrogens with two attached hydrogens (primary N) is 1. The Labute approximate surface area is 128 Å². The minimum absolute atomic E-state index is 0.170. The van der Waals surface area contributed by atoms with Gasteiger partial charge in [-0.2, -0.15) is 10.2 Å². The molecule has 0 spiro atoms. The molecule has 3 heterocycles. The van der Waals surface area contributed by atoms with Gasteiger partial charge in [0.25, 0.3) is 0 Å². The number of nitrogens with zero attached hydrogens (tertiary/aromatic N) is 6. The molecule has 0 aromatic carbocycles. The zero-order valence-electron chi connectivity index (χ0n) is 12.0. The van der Waals surface area contributed by atoms with E-state index < -0.39 is 0 Å². The molecule has 3 rings (SSSR count). The van der Waals surface area contributed by atoms with E-state index in [1.54, 1.807) is 6.20 Å². The van der Waals surface area contributed by atoms with Gasteiger partial charge < -0.3 is 11.1 Å². The summed E-state index contributed by atoms with van der Waals surface area (Å²) in [6.07, 6.45) is 3.16. The lowest BCUT2D eigenvalue weighted by Gasteiger charge is -2.36. The molecule has 1 saturated heterocycles. The number of rotatable bonds is 3. The number of anilines is 3. The molecular weight excluding hydrogens is 280 g/mol. The minimum atomic E-state index is 0.170. The molecule has 1 fully saturated rings. The number of pyridine rings is 1. The number of nitrogen functional groups attached to an aromatic ring is 1. The second kappa shape index (κ2) is 6.34. The van der Waals surface area contributed by atoms with Gasteiger partial charge in [-0.25, -0.2) is 20.0 Å². The summed E-state index contributed by atoms with van der Waals surface area (Å²) in [5.74, 6) is 1.30. The fraction of sp³-hybridized carbons (Fsp3) is 0.286. The normalized spacial score (nSPS) is 15.2. The lowest BCUT2D eigenvalue weighted by atomic mass is 10.3. The van der Waals surface area contributed by atoms with E-state index in [0.717, 1.165) is 26.2 Å². The van der Waals surface area contributed by atoms with Gasteiger partial charge in [0.1, 0.15) is 23.3 Å². The van der Waals surface area contributed by atoms with Crippen LogP contribution in [0.1, 0.15) is 5.56 Å². The van der Waals surface area contributed by atoms with Crippen LogP contribution in [0.15, 0.2) is 30.6 Å². The first-order valence-electron chi connectivity index (χ1n) is 6.99. The van der Waals surface area contributed by atoms with E-state index in [9.17, 15) is 0 Å². The number of piperazine rings is 1.